The summed E-state index contributed by atoms with van der Waals surface area (Å²) in [6.45, 7) is 7.33. The van der Waals surface area contributed by atoms with Crippen LogP contribution in [0.25, 0.3) is 11.3 Å². The summed E-state index contributed by atoms with van der Waals surface area (Å²) in [7, 11) is 0. The van der Waals surface area contributed by atoms with E-state index < -0.39 is 0 Å². The van der Waals surface area contributed by atoms with Crippen LogP contribution in [0.15, 0.2) is 42.5 Å². The summed E-state index contributed by atoms with van der Waals surface area (Å²) >= 11 is 0. The van der Waals surface area contributed by atoms with Crippen LogP contribution in [-0.4, -0.2) is 35.4 Å². The molecule has 104 valence electrons. The molecular formula is C16H20N4. The lowest BCUT2D eigenvalue weighted by Gasteiger charge is -2.39. The van der Waals surface area contributed by atoms with Gasteiger partial charge in [-0.05, 0) is 26.0 Å². The molecule has 1 aliphatic heterocycles. The Balaban J connectivity index is 1.80. The highest BCUT2D eigenvalue weighted by Gasteiger charge is 2.26. The second-order valence-electron chi connectivity index (χ2n) is 5.88. The second-order valence-corrected chi connectivity index (χ2v) is 5.88. The van der Waals surface area contributed by atoms with E-state index in [4.69, 9.17) is 0 Å². The zero-order chi connectivity index (χ0) is 14.0. The van der Waals surface area contributed by atoms with Crippen molar-refractivity contribution >= 4 is 5.82 Å². The van der Waals surface area contributed by atoms with Crippen LogP contribution in [0.3, 0.4) is 0 Å². The molecule has 0 aliphatic carbocycles. The lowest BCUT2D eigenvalue weighted by molar-refractivity contribution is 0.351. The molecule has 1 fully saturated rings. The summed E-state index contributed by atoms with van der Waals surface area (Å²) in [5.74, 6) is 0.958. The third-order valence-corrected chi connectivity index (χ3v) is 3.62. The van der Waals surface area contributed by atoms with Crippen molar-refractivity contribution in [2.45, 2.75) is 19.4 Å². The molecule has 4 nitrogen and oxygen atoms in total. The smallest absolute Gasteiger partial charge is 0.151 e. The van der Waals surface area contributed by atoms with Crippen LogP contribution < -0.4 is 10.2 Å². The first kappa shape index (κ1) is 13.1. The van der Waals surface area contributed by atoms with E-state index >= 15 is 0 Å². The van der Waals surface area contributed by atoms with E-state index in [9.17, 15) is 0 Å². The average Bonchev–Trinajstić information content (AvgIpc) is 2.47. The van der Waals surface area contributed by atoms with E-state index in [1.807, 2.05) is 24.3 Å². The SMILES string of the molecule is CC1(C)CN(c2ccc(-c3ccccc3)nn2)CCN1. The molecule has 0 bridgehead atoms. The summed E-state index contributed by atoms with van der Waals surface area (Å²) in [5.41, 5.74) is 2.15. The van der Waals surface area contributed by atoms with E-state index in [0.29, 0.717) is 0 Å². The van der Waals surface area contributed by atoms with Gasteiger partial charge in [-0.15, -0.1) is 10.2 Å². The summed E-state index contributed by atoms with van der Waals surface area (Å²) in [6.07, 6.45) is 0. The molecule has 0 amide bonds. The van der Waals surface area contributed by atoms with Gasteiger partial charge in [-0.25, -0.2) is 0 Å². The van der Waals surface area contributed by atoms with Gasteiger partial charge in [-0.3, -0.25) is 0 Å². The fraction of sp³-hybridized carbons (Fsp3) is 0.375. The Hall–Kier alpha value is -1.94. The van der Waals surface area contributed by atoms with Gasteiger partial charge in [0.15, 0.2) is 5.82 Å². The number of nitrogens with zero attached hydrogens (tertiary/aromatic N) is 3. The van der Waals surface area contributed by atoms with Crippen molar-refractivity contribution in [3.63, 3.8) is 0 Å². The van der Waals surface area contributed by atoms with Gasteiger partial charge in [0.1, 0.15) is 0 Å². The number of anilines is 1. The predicted molar refractivity (Wildman–Crippen MR) is 81.8 cm³/mol. The number of rotatable bonds is 2. The lowest BCUT2D eigenvalue weighted by atomic mass is 10.0. The second kappa shape index (κ2) is 5.21. The molecule has 1 aromatic carbocycles. The van der Waals surface area contributed by atoms with E-state index in [2.05, 4.69) is 52.5 Å². The van der Waals surface area contributed by atoms with E-state index in [1.165, 1.54) is 0 Å². The average molecular weight is 268 g/mol. The first-order chi connectivity index (χ1) is 9.64. The van der Waals surface area contributed by atoms with Crippen molar-refractivity contribution in [3.8, 4) is 11.3 Å². The van der Waals surface area contributed by atoms with Gasteiger partial charge in [0.2, 0.25) is 0 Å². The van der Waals surface area contributed by atoms with Crippen LogP contribution >= 0.6 is 0 Å². The van der Waals surface area contributed by atoms with Crippen molar-refractivity contribution in [3.05, 3.63) is 42.5 Å². The number of hydrogen-bond donors (Lipinski definition) is 1. The molecular weight excluding hydrogens is 248 g/mol. The Bertz CT molecular complexity index is 563. The van der Waals surface area contributed by atoms with Crippen LogP contribution in [0, 0.1) is 0 Å². The Labute approximate surface area is 119 Å². The first-order valence-electron chi connectivity index (χ1n) is 7.03. The van der Waals surface area contributed by atoms with Crippen LogP contribution in [0.5, 0.6) is 0 Å². The Morgan fingerprint density at radius 3 is 2.50 bits per heavy atom. The third kappa shape index (κ3) is 2.80. The van der Waals surface area contributed by atoms with Crippen molar-refractivity contribution in [2.24, 2.45) is 0 Å². The molecule has 3 rings (SSSR count). The van der Waals surface area contributed by atoms with Crippen LogP contribution in [0.1, 0.15) is 13.8 Å². The molecule has 2 heterocycles. The summed E-state index contributed by atoms with van der Waals surface area (Å²) in [5, 5.41) is 12.3. The minimum absolute atomic E-state index is 0.123. The maximum Gasteiger partial charge on any atom is 0.151 e. The van der Waals surface area contributed by atoms with Crippen molar-refractivity contribution in [1.29, 1.82) is 0 Å². The van der Waals surface area contributed by atoms with Gasteiger partial charge >= 0.3 is 0 Å². The Kier molecular flexibility index (Phi) is 3.40. The van der Waals surface area contributed by atoms with Crippen LogP contribution in [0.2, 0.25) is 0 Å². The first-order valence-corrected chi connectivity index (χ1v) is 7.03. The summed E-state index contributed by atoms with van der Waals surface area (Å²) in [4.78, 5) is 2.29. The maximum absolute atomic E-state index is 4.39. The van der Waals surface area contributed by atoms with Gasteiger partial charge in [0.05, 0.1) is 5.69 Å². The molecule has 1 N–H and O–H groups in total. The standard InChI is InChI=1S/C16H20N4/c1-16(2)12-20(11-10-17-16)15-9-8-14(18-19-15)13-6-4-3-5-7-13/h3-9,17H,10-12H2,1-2H3. The molecule has 1 aliphatic rings. The topological polar surface area (TPSA) is 41.1 Å². The van der Waals surface area contributed by atoms with Gasteiger partial charge in [-0.2, -0.15) is 0 Å². The largest absolute Gasteiger partial charge is 0.352 e. The maximum atomic E-state index is 4.39. The minimum Gasteiger partial charge on any atom is -0.352 e. The van der Waals surface area contributed by atoms with Crippen molar-refractivity contribution in [1.82, 2.24) is 15.5 Å². The highest BCUT2D eigenvalue weighted by atomic mass is 15.3. The van der Waals surface area contributed by atoms with Gasteiger partial charge < -0.3 is 10.2 Å². The van der Waals surface area contributed by atoms with Crippen molar-refractivity contribution < 1.29 is 0 Å². The number of piperazine rings is 1. The minimum atomic E-state index is 0.123. The lowest BCUT2D eigenvalue weighted by Crippen LogP contribution is -2.57. The third-order valence-electron chi connectivity index (χ3n) is 3.62. The molecule has 4 heteroatoms. The molecule has 1 saturated heterocycles. The monoisotopic (exact) mass is 268 g/mol. The normalized spacial score (nSPS) is 18.0. The number of nitrogens with one attached hydrogen (secondary N) is 1. The molecule has 2 aromatic rings. The zero-order valence-corrected chi connectivity index (χ0v) is 12.0. The van der Waals surface area contributed by atoms with Gasteiger partial charge in [-0.1, -0.05) is 30.3 Å². The van der Waals surface area contributed by atoms with Crippen LogP contribution in [-0.2, 0) is 0 Å². The highest BCUT2D eigenvalue weighted by Crippen LogP contribution is 2.20. The van der Waals surface area contributed by atoms with E-state index in [0.717, 1.165) is 36.7 Å². The fourth-order valence-electron chi connectivity index (χ4n) is 2.59. The Morgan fingerprint density at radius 2 is 1.85 bits per heavy atom. The molecule has 0 unspecified atom stereocenters. The quantitative estimate of drug-likeness (QED) is 0.907. The molecule has 0 saturated carbocycles. The number of aromatic nitrogens is 2. The molecule has 1 aromatic heterocycles. The van der Waals surface area contributed by atoms with Gasteiger partial charge in [0, 0.05) is 30.7 Å². The van der Waals surface area contributed by atoms with Gasteiger partial charge in [0.25, 0.3) is 0 Å². The molecule has 0 atom stereocenters. The van der Waals surface area contributed by atoms with E-state index in [1.54, 1.807) is 0 Å². The molecule has 0 spiro atoms. The summed E-state index contributed by atoms with van der Waals surface area (Å²) in [6, 6.07) is 14.3. The number of benzene rings is 1. The fourth-order valence-corrected chi connectivity index (χ4v) is 2.59. The number of hydrogen-bond acceptors (Lipinski definition) is 4. The predicted octanol–water partition coefficient (Wildman–Crippen LogP) is 2.33. The van der Waals surface area contributed by atoms with E-state index in [-0.39, 0.29) is 5.54 Å². The van der Waals surface area contributed by atoms with Crippen LogP contribution in [0.4, 0.5) is 5.82 Å². The summed E-state index contributed by atoms with van der Waals surface area (Å²) < 4.78 is 0. The van der Waals surface area contributed by atoms with Crippen molar-refractivity contribution in [2.75, 3.05) is 24.5 Å². The zero-order valence-electron chi connectivity index (χ0n) is 12.0. The highest BCUT2D eigenvalue weighted by molar-refractivity contribution is 5.59. The molecule has 20 heavy (non-hydrogen) atoms. The Morgan fingerprint density at radius 1 is 1.05 bits per heavy atom. The molecule has 0 radical (unpaired) electrons.